The van der Waals surface area contributed by atoms with Crippen molar-refractivity contribution < 1.29 is 0 Å². The summed E-state index contributed by atoms with van der Waals surface area (Å²) in [5, 5.41) is 0. The second-order valence-electron chi connectivity index (χ2n) is 4.87. The first kappa shape index (κ1) is 13.0. The van der Waals surface area contributed by atoms with Gasteiger partial charge < -0.3 is 5.73 Å². The zero-order valence-corrected chi connectivity index (χ0v) is 10.6. The van der Waals surface area contributed by atoms with E-state index in [1.54, 1.807) is 0 Å². The topological polar surface area (TPSA) is 29.3 Å². The lowest BCUT2D eigenvalue weighted by Gasteiger charge is -2.44. The third kappa shape index (κ3) is 3.18. The summed E-state index contributed by atoms with van der Waals surface area (Å²) < 4.78 is 0. The zero-order valence-electron chi connectivity index (χ0n) is 10.6. The molecule has 0 aliphatic heterocycles. The van der Waals surface area contributed by atoms with Crippen LogP contribution >= 0.6 is 0 Å². The van der Waals surface area contributed by atoms with Crippen molar-refractivity contribution in [3.63, 3.8) is 0 Å². The van der Waals surface area contributed by atoms with Crippen molar-refractivity contribution in [2.24, 2.45) is 5.73 Å². The van der Waals surface area contributed by atoms with Gasteiger partial charge in [-0.05, 0) is 25.9 Å². The highest BCUT2D eigenvalue weighted by Crippen LogP contribution is 2.30. The summed E-state index contributed by atoms with van der Waals surface area (Å²) in [4.78, 5) is 2.60. The first-order valence-corrected chi connectivity index (χ1v) is 6.74. The number of hydrogen-bond acceptors (Lipinski definition) is 2. The third-order valence-electron chi connectivity index (χ3n) is 4.10. The van der Waals surface area contributed by atoms with Gasteiger partial charge in [-0.15, -0.1) is 0 Å². The van der Waals surface area contributed by atoms with E-state index >= 15 is 0 Å². The monoisotopic (exact) mass is 212 g/mol. The zero-order chi connectivity index (χ0) is 11.1. The van der Waals surface area contributed by atoms with Gasteiger partial charge in [-0.25, -0.2) is 0 Å². The van der Waals surface area contributed by atoms with Crippen LogP contribution in [0.25, 0.3) is 0 Å². The molecule has 1 aliphatic carbocycles. The summed E-state index contributed by atoms with van der Waals surface area (Å²) in [5.74, 6) is 0. The van der Waals surface area contributed by atoms with Crippen molar-refractivity contribution in [1.29, 1.82) is 0 Å². The van der Waals surface area contributed by atoms with Crippen LogP contribution in [0.2, 0.25) is 0 Å². The van der Waals surface area contributed by atoms with Crippen LogP contribution < -0.4 is 5.73 Å². The fourth-order valence-corrected chi connectivity index (χ4v) is 3.11. The molecule has 0 aromatic carbocycles. The minimum absolute atomic E-state index is 0.323. The summed E-state index contributed by atoms with van der Waals surface area (Å²) in [6, 6.07) is 0. The maximum absolute atomic E-state index is 6.07. The van der Waals surface area contributed by atoms with E-state index in [4.69, 9.17) is 5.73 Å². The van der Waals surface area contributed by atoms with E-state index in [2.05, 4.69) is 18.7 Å². The summed E-state index contributed by atoms with van der Waals surface area (Å²) in [7, 11) is 0. The highest BCUT2D eigenvalue weighted by Gasteiger charge is 2.33. The molecule has 0 aromatic heterocycles. The van der Waals surface area contributed by atoms with E-state index in [1.165, 1.54) is 44.9 Å². The molecule has 0 amide bonds. The number of rotatable bonds is 4. The Morgan fingerprint density at radius 2 is 1.40 bits per heavy atom. The standard InChI is InChI=1S/C13H28N2/c1-3-15(4-2)13(12-14)10-8-6-5-7-9-11-13/h3-12,14H2,1-2H3. The molecule has 2 nitrogen and oxygen atoms in total. The summed E-state index contributed by atoms with van der Waals surface area (Å²) in [6.45, 7) is 7.66. The van der Waals surface area contributed by atoms with Crippen molar-refractivity contribution >= 4 is 0 Å². The summed E-state index contributed by atoms with van der Waals surface area (Å²) in [6.07, 6.45) is 9.60. The lowest BCUT2D eigenvalue weighted by Crippen LogP contribution is -2.54. The van der Waals surface area contributed by atoms with Gasteiger partial charge in [0.15, 0.2) is 0 Å². The van der Waals surface area contributed by atoms with E-state index < -0.39 is 0 Å². The Morgan fingerprint density at radius 3 is 1.80 bits per heavy atom. The molecule has 0 atom stereocenters. The van der Waals surface area contributed by atoms with Crippen molar-refractivity contribution in [1.82, 2.24) is 4.90 Å². The number of nitrogens with zero attached hydrogens (tertiary/aromatic N) is 1. The van der Waals surface area contributed by atoms with Crippen LogP contribution in [0.1, 0.15) is 58.8 Å². The molecule has 0 radical (unpaired) electrons. The molecule has 1 saturated carbocycles. The Labute approximate surface area is 95.2 Å². The predicted molar refractivity (Wildman–Crippen MR) is 67.0 cm³/mol. The molecule has 0 unspecified atom stereocenters. The maximum Gasteiger partial charge on any atom is 0.0331 e. The van der Waals surface area contributed by atoms with Crippen molar-refractivity contribution in [2.75, 3.05) is 19.6 Å². The summed E-state index contributed by atoms with van der Waals surface area (Å²) in [5.41, 5.74) is 6.39. The maximum atomic E-state index is 6.07. The molecular weight excluding hydrogens is 184 g/mol. The van der Waals surface area contributed by atoms with Crippen LogP contribution in [-0.2, 0) is 0 Å². The minimum atomic E-state index is 0.323. The Kier molecular flexibility index (Phi) is 5.62. The number of likely N-dealkylation sites (N-methyl/N-ethyl adjacent to an activating group) is 1. The van der Waals surface area contributed by atoms with Crippen molar-refractivity contribution in [3.8, 4) is 0 Å². The Morgan fingerprint density at radius 1 is 0.933 bits per heavy atom. The van der Waals surface area contributed by atoms with Gasteiger partial charge in [-0.1, -0.05) is 46.0 Å². The molecule has 0 aromatic rings. The molecule has 1 rings (SSSR count). The van der Waals surface area contributed by atoms with E-state index in [0.717, 1.165) is 19.6 Å². The fraction of sp³-hybridized carbons (Fsp3) is 1.00. The van der Waals surface area contributed by atoms with Crippen LogP contribution in [0.5, 0.6) is 0 Å². The van der Waals surface area contributed by atoms with Gasteiger partial charge in [0, 0.05) is 12.1 Å². The quantitative estimate of drug-likeness (QED) is 0.776. The third-order valence-corrected chi connectivity index (χ3v) is 4.10. The Bertz CT molecular complexity index is 156. The molecule has 0 spiro atoms. The largest absolute Gasteiger partial charge is 0.329 e. The average Bonchev–Trinajstić information content (AvgIpc) is 2.23. The average molecular weight is 212 g/mol. The molecule has 0 saturated heterocycles. The van der Waals surface area contributed by atoms with Gasteiger partial charge in [-0.2, -0.15) is 0 Å². The van der Waals surface area contributed by atoms with Gasteiger partial charge in [0.05, 0.1) is 0 Å². The lowest BCUT2D eigenvalue weighted by atomic mass is 9.82. The molecule has 2 N–H and O–H groups in total. The first-order valence-electron chi connectivity index (χ1n) is 6.74. The molecule has 0 bridgehead atoms. The first-order chi connectivity index (χ1) is 7.29. The highest BCUT2D eigenvalue weighted by atomic mass is 15.2. The van der Waals surface area contributed by atoms with E-state index in [-0.39, 0.29) is 0 Å². The van der Waals surface area contributed by atoms with Gasteiger partial charge in [-0.3, -0.25) is 4.90 Å². The van der Waals surface area contributed by atoms with E-state index in [0.29, 0.717) is 5.54 Å². The van der Waals surface area contributed by atoms with Crippen LogP contribution in [0.15, 0.2) is 0 Å². The smallest absolute Gasteiger partial charge is 0.0331 e. The van der Waals surface area contributed by atoms with Crippen LogP contribution in [0, 0.1) is 0 Å². The van der Waals surface area contributed by atoms with Gasteiger partial charge >= 0.3 is 0 Å². The molecule has 0 heterocycles. The van der Waals surface area contributed by atoms with Crippen LogP contribution in [0.3, 0.4) is 0 Å². The normalized spacial score (nSPS) is 22.4. The van der Waals surface area contributed by atoms with Gasteiger partial charge in [0.25, 0.3) is 0 Å². The Balaban J connectivity index is 2.68. The van der Waals surface area contributed by atoms with Crippen LogP contribution in [0.4, 0.5) is 0 Å². The Hall–Kier alpha value is -0.0800. The second-order valence-corrected chi connectivity index (χ2v) is 4.87. The van der Waals surface area contributed by atoms with Gasteiger partial charge in [0.2, 0.25) is 0 Å². The fourth-order valence-electron chi connectivity index (χ4n) is 3.11. The molecule has 2 heteroatoms. The second kappa shape index (κ2) is 6.49. The van der Waals surface area contributed by atoms with Crippen molar-refractivity contribution in [2.45, 2.75) is 64.3 Å². The molecule has 1 fully saturated rings. The highest BCUT2D eigenvalue weighted by molar-refractivity contribution is 4.91. The molecule has 15 heavy (non-hydrogen) atoms. The number of nitrogens with two attached hydrogens (primary N) is 1. The predicted octanol–water partition coefficient (Wildman–Crippen LogP) is 2.77. The van der Waals surface area contributed by atoms with E-state index in [9.17, 15) is 0 Å². The van der Waals surface area contributed by atoms with E-state index in [1.807, 2.05) is 0 Å². The molecular formula is C13H28N2. The van der Waals surface area contributed by atoms with Crippen molar-refractivity contribution in [3.05, 3.63) is 0 Å². The SMILES string of the molecule is CCN(CC)C1(CN)CCCCCCC1. The number of hydrogen-bond donors (Lipinski definition) is 1. The minimum Gasteiger partial charge on any atom is -0.329 e. The molecule has 1 aliphatic rings. The lowest BCUT2D eigenvalue weighted by molar-refractivity contribution is 0.0774. The van der Waals surface area contributed by atoms with Gasteiger partial charge in [0.1, 0.15) is 0 Å². The van der Waals surface area contributed by atoms with Crippen LogP contribution in [-0.4, -0.2) is 30.1 Å². The summed E-state index contributed by atoms with van der Waals surface area (Å²) >= 11 is 0. The molecule has 90 valence electrons.